The minimum Gasteiger partial charge on any atom is -0.452 e. The molecule has 18 heavy (non-hydrogen) atoms. The van der Waals surface area contributed by atoms with Crippen LogP contribution in [0.2, 0.25) is 5.22 Å². The molecule has 1 heterocycles. The SMILES string of the molecule is O=C(Nc1c(F)cc(F)cc1Br)c1ccoc1Cl. The van der Waals surface area contributed by atoms with Gasteiger partial charge in [-0.2, -0.15) is 0 Å². The summed E-state index contributed by atoms with van der Waals surface area (Å²) in [5, 5.41) is 2.17. The predicted octanol–water partition coefficient (Wildman–Crippen LogP) is 4.23. The van der Waals surface area contributed by atoms with Gasteiger partial charge in [-0.05, 0) is 39.7 Å². The maximum absolute atomic E-state index is 13.5. The van der Waals surface area contributed by atoms with E-state index >= 15 is 0 Å². The Balaban J connectivity index is 2.31. The molecular formula is C11H5BrClF2NO2. The highest BCUT2D eigenvalue weighted by Crippen LogP contribution is 2.28. The highest BCUT2D eigenvalue weighted by Gasteiger charge is 2.17. The molecule has 2 rings (SSSR count). The molecule has 1 aromatic carbocycles. The first kappa shape index (κ1) is 13.0. The number of amides is 1. The Morgan fingerprint density at radius 3 is 2.67 bits per heavy atom. The van der Waals surface area contributed by atoms with Crippen molar-refractivity contribution in [1.29, 1.82) is 0 Å². The number of benzene rings is 1. The van der Waals surface area contributed by atoms with Crippen LogP contribution in [0.25, 0.3) is 0 Å². The van der Waals surface area contributed by atoms with Crippen molar-refractivity contribution in [2.75, 3.05) is 5.32 Å². The van der Waals surface area contributed by atoms with Gasteiger partial charge in [0, 0.05) is 10.5 Å². The fraction of sp³-hybridized carbons (Fsp3) is 0. The van der Waals surface area contributed by atoms with Crippen LogP contribution >= 0.6 is 27.5 Å². The Morgan fingerprint density at radius 2 is 2.11 bits per heavy atom. The lowest BCUT2D eigenvalue weighted by atomic mass is 10.2. The largest absolute Gasteiger partial charge is 0.452 e. The molecule has 1 amide bonds. The van der Waals surface area contributed by atoms with Gasteiger partial charge in [-0.15, -0.1) is 0 Å². The molecule has 1 N–H and O–H groups in total. The number of rotatable bonds is 2. The minimum absolute atomic E-state index is 0.0623. The van der Waals surface area contributed by atoms with Crippen molar-refractivity contribution in [3.63, 3.8) is 0 Å². The van der Waals surface area contributed by atoms with Gasteiger partial charge in [-0.1, -0.05) is 0 Å². The maximum atomic E-state index is 13.5. The molecule has 0 aliphatic rings. The van der Waals surface area contributed by atoms with Gasteiger partial charge >= 0.3 is 0 Å². The summed E-state index contributed by atoms with van der Waals surface area (Å²) < 4.78 is 31.2. The van der Waals surface area contributed by atoms with E-state index < -0.39 is 17.5 Å². The monoisotopic (exact) mass is 335 g/mol. The molecular weight excluding hydrogens is 331 g/mol. The van der Waals surface area contributed by atoms with Crippen LogP contribution in [0.15, 0.2) is 33.4 Å². The minimum atomic E-state index is -0.894. The normalized spacial score (nSPS) is 10.4. The second-order valence-electron chi connectivity index (χ2n) is 3.31. The van der Waals surface area contributed by atoms with Crippen molar-refractivity contribution in [2.45, 2.75) is 0 Å². The average Bonchev–Trinajstić information content (AvgIpc) is 2.69. The number of furan rings is 1. The lowest BCUT2D eigenvalue weighted by molar-refractivity contribution is 0.102. The quantitative estimate of drug-likeness (QED) is 0.892. The van der Waals surface area contributed by atoms with Crippen LogP contribution in [0.4, 0.5) is 14.5 Å². The van der Waals surface area contributed by atoms with Crippen LogP contribution in [0.5, 0.6) is 0 Å². The average molecular weight is 337 g/mol. The Kier molecular flexibility index (Phi) is 3.68. The van der Waals surface area contributed by atoms with Gasteiger partial charge in [-0.3, -0.25) is 4.79 Å². The van der Waals surface area contributed by atoms with E-state index in [0.29, 0.717) is 6.07 Å². The first-order valence-corrected chi connectivity index (χ1v) is 5.85. The fourth-order valence-electron chi connectivity index (χ4n) is 1.30. The molecule has 94 valence electrons. The van der Waals surface area contributed by atoms with E-state index in [1.807, 2.05) is 0 Å². The van der Waals surface area contributed by atoms with E-state index in [4.69, 9.17) is 16.0 Å². The molecule has 0 saturated heterocycles. The van der Waals surface area contributed by atoms with Crippen molar-refractivity contribution >= 4 is 39.1 Å². The van der Waals surface area contributed by atoms with Gasteiger partial charge < -0.3 is 9.73 Å². The molecule has 2 aromatic rings. The van der Waals surface area contributed by atoms with Crippen molar-refractivity contribution in [3.05, 3.63) is 51.4 Å². The van der Waals surface area contributed by atoms with E-state index in [2.05, 4.69) is 21.2 Å². The van der Waals surface area contributed by atoms with Gasteiger partial charge in [-0.25, -0.2) is 8.78 Å². The van der Waals surface area contributed by atoms with E-state index in [1.54, 1.807) is 0 Å². The summed E-state index contributed by atoms with van der Waals surface area (Å²) in [5.41, 5.74) is -0.106. The molecule has 0 aliphatic heterocycles. The lowest BCUT2D eigenvalue weighted by Gasteiger charge is -2.07. The van der Waals surface area contributed by atoms with Gasteiger partial charge in [0.05, 0.1) is 17.5 Å². The van der Waals surface area contributed by atoms with Gasteiger partial charge in [0.2, 0.25) is 5.22 Å². The van der Waals surface area contributed by atoms with Gasteiger partial charge in [0.25, 0.3) is 5.91 Å². The van der Waals surface area contributed by atoms with Crippen LogP contribution in [-0.2, 0) is 0 Å². The number of nitrogens with one attached hydrogen (secondary N) is 1. The second kappa shape index (κ2) is 5.07. The molecule has 0 radical (unpaired) electrons. The van der Waals surface area contributed by atoms with Gasteiger partial charge in [0.1, 0.15) is 5.82 Å². The third-order valence-corrected chi connectivity index (χ3v) is 3.03. The zero-order chi connectivity index (χ0) is 13.3. The summed E-state index contributed by atoms with van der Waals surface area (Å²) in [4.78, 5) is 11.7. The molecule has 0 unspecified atom stereocenters. The summed E-state index contributed by atoms with van der Waals surface area (Å²) in [6.07, 6.45) is 1.23. The van der Waals surface area contributed by atoms with Crippen molar-refractivity contribution in [1.82, 2.24) is 0 Å². The summed E-state index contributed by atoms with van der Waals surface area (Å²) in [6, 6.07) is 3.04. The second-order valence-corrected chi connectivity index (χ2v) is 4.50. The molecule has 0 bridgehead atoms. The predicted molar refractivity (Wildman–Crippen MR) is 65.7 cm³/mol. The van der Waals surface area contributed by atoms with Crippen LogP contribution in [-0.4, -0.2) is 5.91 Å². The number of anilines is 1. The molecule has 1 aromatic heterocycles. The summed E-state index contributed by atoms with van der Waals surface area (Å²) in [7, 11) is 0. The summed E-state index contributed by atoms with van der Waals surface area (Å²) >= 11 is 8.57. The highest BCUT2D eigenvalue weighted by molar-refractivity contribution is 9.10. The van der Waals surface area contributed by atoms with Crippen LogP contribution in [0.3, 0.4) is 0 Å². The summed E-state index contributed by atoms with van der Waals surface area (Å²) in [6.45, 7) is 0. The molecule has 0 saturated carbocycles. The Hall–Kier alpha value is -1.40. The third-order valence-electron chi connectivity index (χ3n) is 2.11. The fourth-order valence-corrected chi connectivity index (χ4v) is 2.01. The number of carbonyl (C=O) groups excluding carboxylic acids is 1. The number of hydrogen-bond donors (Lipinski definition) is 1. The van der Waals surface area contributed by atoms with Crippen molar-refractivity contribution in [3.8, 4) is 0 Å². The first-order valence-electron chi connectivity index (χ1n) is 4.68. The first-order chi connectivity index (χ1) is 8.49. The lowest BCUT2D eigenvalue weighted by Crippen LogP contribution is -2.13. The van der Waals surface area contributed by atoms with Crippen LogP contribution in [0.1, 0.15) is 10.4 Å². The molecule has 0 fully saturated rings. The van der Waals surface area contributed by atoms with Crippen molar-refractivity contribution in [2.24, 2.45) is 0 Å². The smallest absolute Gasteiger partial charge is 0.260 e. The standard InChI is InChI=1S/C11H5BrClF2NO2/c12-7-3-5(14)4-8(15)9(7)16-11(17)6-1-2-18-10(6)13/h1-4H,(H,16,17). The van der Waals surface area contributed by atoms with E-state index in [-0.39, 0.29) is 20.9 Å². The van der Waals surface area contributed by atoms with Crippen molar-refractivity contribution < 1.29 is 18.0 Å². The summed E-state index contributed by atoms with van der Waals surface area (Å²) in [5.74, 6) is -2.30. The highest BCUT2D eigenvalue weighted by atomic mass is 79.9. The van der Waals surface area contributed by atoms with Crippen LogP contribution in [0, 0.1) is 11.6 Å². The molecule has 0 aliphatic carbocycles. The third kappa shape index (κ3) is 2.54. The zero-order valence-corrected chi connectivity index (χ0v) is 11.0. The van der Waals surface area contributed by atoms with E-state index in [0.717, 1.165) is 6.07 Å². The molecule has 0 atom stereocenters. The Bertz CT molecular complexity index is 592. The Labute approximate surface area is 114 Å². The maximum Gasteiger partial charge on any atom is 0.260 e. The topological polar surface area (TPSA) is 42.2 Å². The molecule has 3 nitrogen and oxygen atoms in total. The Morgan fingerprint density at radius 1 is 1.39 bits per heavy atom. The van der Waals surface area contributed by atoms with Gasteiger partial charge in [0.15, 0.2) is 5.82 Å². The number of halogens is 4. The molecule has 7 heteroatoms. The number of carbonyl (C=O) groups is 1. The van der Waals surface area contributed by atoms with E-state index in [9.17, 15) is 13.6 Å². The molecule has 0 spiro atoms. The number of hydrogen-bond acceptors (Lipinski definition) is 2. The zero-order valence-electron chi connectivity index (χ0n) is 8.64. The van der Waals surface area contributed by atoms with Crippen LogP contribution < -0.4 is 5.32 Å². The van der Waals surface area contributed by atoms with E-state index in [1.165, 1.54) is 12.3 Å².